The number of ether oxygens (including phenoxy) is 2. The first-order chi connectivity index (χ1) is 23.8. The summed E-state index contributed by atoms with van der Waals surface area (Å²) in [5, 5.41) is 4.92. The fourth-order valence-electron chi connectivity index (χ4n) is 8.11. The zero-order chi connectivity index (χ0) is 31.6. The Morgan fingerprint density at radius 2 is 0.583 bits per heavy atom. The highest BCUT2D eigenvalue weighted by atomic mass is 16.5. The van der Waals surface area contributed by atoms with Crippen LogP contribution in [0.2, 0.25) is 0 Å². The average molecular weight is 615 g/mol. The van der Waals surface area contributed by atoms with E-state index in [1.165, 1.54) is 66.1 Å². The third kappa shape index (κ3) is 4.06. The Morgan fingerprint density at radius 3 is 0.958 bits per heavy atom. The molecule has 226 valence electrons. The minimum atomic E-state index is -0.0214. The van der Waals surface area contributed by atoms with E-state index in [1.54, 1.807) is 0 Å². The van der Waals surface area contributed by atoms with Crippen LogP contribution in [0.15, 0.2) is 170 Å². The van der Waals surface area contributed by atoms with E-state index in [-0.39, 0.29) is 11.8 Å². The third-order valence-corrected chi connectivity index (χ3v) is 10.2. The van der Waals surface area contributed by atoms with E-state index in [9.17, 15) is 0 Å². The van der Waals surface area contributed by atoms with Crippen LogP contribution in [0.25, 0.3) is 32.7 Å². The quantitative estimate of drug-likeness (QED) is 0.197. The molecule has 8 aromatic rings. The van der Waals surface area contributed by atoms with Gasteiger partial charge in [0.15, 0.2) is 0 Å². The summed E-state index contributed by atoms with van der Waals surface area (Å²) in [6, 6.07) is 61.0. The van der Waals surface area contributed by atoms with Gasteiger partial charge in [0.25, 0.3) is 0 Å². The second-order valence-electron chi connectivity index (χ2n) is 12.7. The predicted molar refractivity (Wildman–Crippen MR) is 195 cm³/mol. The Labute approximate surface area is 279 Å². The zero-order valence-corrected chi connectivity index (χ0v) is 26.1. The molecule has 0 spiro atoms. The van der Waals surface area contributed by atoms with Gasteiger partial charge in [-0.25, -0.2) is 0 Å². The number of hydrogen-bond donors (Lipinski definition) is 0. The van der Waals surface area contributed by atoms with Crippen molar-refractivity contribution in [1.29, 1.82) is 0 Å². The van der Waals surface area contributed by atoms with E-state index in [1.807, 2.05) is 0 Å². The summed E-state index contributed by atoms with van der Waals surface area (Å²) in [6.45, 7) is 0. The van der Waals surface area contributed by atoms with Gasteiger partial charge in [-0.15, -0.1) is 0 Å². The van der Waals surface area contributed by atoms with Gasteiger partial charge in [-0.05, 0) is 68.1 Å². The lowest BCUT2D eigenvalue weighted by atomic mass is 9.73. The van der Waals surface area contributed by atoms with Crippen LogP contribution < -0.4 is 9.47 Å². The van der Waals surface area contributed by atoms with Crippen molar-refractivity contribution in [2.75, 3.05) is 0 Å². The maximum atomic E-state index is 6.52. The van der Waals surface area contributed by atoms with Crippen LogP contribution in [0.1, 0.15) is 45.2 Å². The molecule has 0 saturated heterocycles. The van der Waals surface area contributed by atoms with Gasteiger partial charge in [0.1, 0.15) is 23.0 Å². The molecule has 0 atom stereocenters. The van der Waals surface area contributed by atoms with Crippen molar-refractivity contribution in [2.24, 2.45) is 0 Å². The fraction of sp³-hybridized carbons (Fsp3) is 0.0435. The molecule has 2 nitrogen and oxygen atoms in total. The first kappa shape index (κ1) is 27.0. The number of para-hydroxylation sites is 4. The highest BCUT2D eigenvalue weighted by molar-refractivity contribution is 6.08. The third-order valence-electron chi connectivity index (χ3n) is 10.2. The number of benzene rings is 8. The minimum absolute atomic E-state index is 0.0214. The predicted octanol–water partition coefficient (Wildman–Crippen LogP) is 12.2. The first-order valence-electron chi connectivity index (χ1n) is 16.6. The van der Waals surface area contributed by atoms with Crippen molar-refractivity contribution in [3.63, 3.8) is 0 Å². The molecule has 0 aliphatic carbocycles. The maximum absolute atomic E-state index is 6.52. The number of rotatable bonds is 3. The molecule has 0 saturated carbocycles. The van der Waals surface area contributed by atoms with E-state index in [0.29, 0.717) is 0 Å². The van der Waals surface area contributed by atoms with Crippen molar-refractivity contribution < 1.29 is 9.47 Å². The Hall–Kier alpha value is -6.12. The smallest absolute Gasteiger partial charge is 0.131 e. The molecule has 2 aliphatic rings. The van der Waals surface area contributed by atoms with Crippen LogP contribution in [0, 0.1) is 0 Å². The first-order valence-corrected chi connectivity index (χ1v) is 16.6. The van der Waals surface area contributed by atoms with Crippen molar-refractivity contribution in [1.82, 2.24) is 0 Å². The molecule has 0 bridgehead atoms. The van der Waals surface area contributed by atoms with Gasteiger partial charge in [-0.2, -0.15) is 0 Å². The second kappa shape index (κ2) is 10.7. The average Bonchev–Trinajstić information content (AvgIpc) is 3.15. The van der Waals surface area contributed by atoms with Crippen molar-refractivity contribution in [3.05, 3.63) is 203 Å². The molecule has 2 heterocycles. The van der Waals surface area contributed by atoms with Gasteiger partial charge in [-0.3, -0.25) is 0 Å². The summed E-state index contributed by atoms with van der Waals surface area (Å²) in [5.74, 6) is 3.59. The van der Waals surface area contributed by atoms with Crippen molar-refractivity contribution in [2.45, 2.75) is 11.8 Å². The Bertz CT molecular complexity index is 2280. The molecule has 0 N–H and O–H groups in total. The Morgan fingerprint density at radius 1 is 0.271 bits per heavy atom. The lowest BCUT2D eigenvalue weighted by Crippen LogP contribution is -2.15. The summed E-state index contributed by atoms with van der Waals surface area (Å²) >= 11 is 0. The molecular weight excluding hydrogens is 585 g/mol. The monoisotopic (exact) mass is 614 g/mol. The van der Waals surface area contributed by atoms with Gasteiger partial charge < -0.3 is 9.47 Å². The summed E-state index contributed by atoms with van der Waals surface area (Å²) in [5.41, 5.74) is 9.77. The molecule has 8 aromatic carbocycles. The molecule has 10 rings (SSSR count). The lowest BCUT2D eigenvalue weighted by molar-refractivity contribution is 0.452. The SMILES string of the molecule is c1ccc2c(c1)Oc1ccccc1C2c1ccc2ccccc2c1-c1c(C2c3ccccc3Oc3ccccc32)ccc2ccccc12. The van der Waals surface area contributed by atoms with Crippen molar-refractivity contribution >= 4 is 21.5 Å². The highest BCUT2D eigenvalue weighted by Crippen LogP contribution is 2.55. The number of fused-ring (bicyclic) bond motifs is 6. The van der Waals surface area contributed by atoms with E-state index in [0.717, 1.165) is 23.0 Å². The summed E-state index contributed by atoms with van der Waals surface area (Å²) < 4.78 is 13.0. The van der Waals surface area contributed by atoms with E-state index in [2.05, 4.69) is 170 Å². The highest BCUT2D eigenvalue weighted by Gasteiger charge is 2.35. The minimum Gasteiger partial charge on any atom is -0.457 e. The van der Waals surface area contributed by atoms with Crippen LogP contribution in [-0.4, -0.2) is 0 Å². The van der Waals surface area contributed by atoms with E-state index in [4.69, 9.17) is 9.47 Å². The summed E-state index contributed by atoms with van der Waals surface area (Å²) in [7, 11) is 0. The number of hydrogen-bond acceptors (Lipinski definition) is 2. The van der Waals surface area contributed by atoms with Crippen LogP contribution in [-0.2, 0) is 0 Å². The summed E-state index contributed by atoms with van der Waals surface area (Å²) in [4.78, 5) is 0. The van der Waals surface area contributed by atoms with Gasteiger partial charge in [-0.1, -0.05) is 146 Å². The van der Waals surface area contributed by atoms with Crippen LogP contribution >= 0.6 is 0 Å². The standard InChI is InChI=1S/C46H30O2/c1-3-15-31-29(13-1)25-27-37(43-33-17-5-9-21-39(33)47-40-22-10-6-18-34(40)43)45(31)46-32-16-4-2-14-30(32)26-28-38(46)44-35-19-7-11-23-41(35)48-42-24-12-8-20-36(42)44/h1-28,43-44H. The Kier molecular flexibility index (Phi) is 6.04. The van der Waals surface area contributed by atoms with E-state index < -0.39 is 0 Å². The fourth-order valence-corrected chi connectivity index (χ4v) is 8.11. The molecule has 0 fully saturated rings. The van der Waals surface area contributed by atoms with Crippen LogP contribution in [0.5, 0.6) is 23.0 Å². The molecule has 2 aliphatic heterocycles. The lowest BCUT2D eigenvalue weighted by Gasteiger charge is -2.33. The van der Waals surface area contributed by atoms with Crippen molar-refractivity contribution in [3.8, 4) is 34.1 Å². The topological polar surface area (TPSA) is 18.5 Å². The largest absolute Gasteiger partial charge is 0.457 e. The maximum Gasteiger partial charge on any atom is 0.131 e. The van der Waals surface area contributed by atoms with Crippen LogP contribution in [0.3, 0.4) is 0 Å². The van der Waals surface area contributed by atoms with Gasteiger partial charge >= 0.3 is 0 Å². The normalized spacial score (nSPS) is 13.6. The molecule has 2 heteroatoms. The molecular formula is C46H30O2. The van der Waals surface area contributed by atoms with Crippen LogP contribution in [0.4, 0.5) is 0 Å². The van der Waals surface area contributed by atoms with Gasteiger partial charge in [0, 0.05) is 34.1 Å². The second-order valence-corrected chi connectivity index (χ2v) is 12.7. The van der Waals surface area contributed by atoms with E-state index >= 15 is 0 Å². The Balaban J connectivity index is 1.36. The van der Waals surface area contributed by atoms with Gasteiger partial charge in [0.05, 0.1) is 0 Å². The zero-order valence-electron chi connectivity index (χ0n) is 26.1. The van der Waals surface area contributed by atoms with Gasteiger partial charge in [0.2, 0.25) is 0 Å². The molecule has 0 radical (unpaired) electrons. The molecule has 0 aromatic heterocycles. The molecule has 0 amide bonds. The molecule has 0 unspecified atom stereocenters. The summed E-state index contributed by atoms with van der Waals surface area (Å²) in [6.07, 6.45) is 0. The molecule has 48 heavy (non-hydrogen) atoms.